The average Bonchev–Trinajstić information content (AvgIpc) is 1.62. The number of carbonyl (C=O) groups is 10. The minimum absolute atomic E-state index is 0.0182. The minimum Gasteiger partial charge on any atom is -0.384 e. The lowest BCUT2D eigenvalue weighted by atomic mass is 10.0. The van der Waals surface area contributed by atoms with Crippen molar-refractivity contribution >= 4 is 81.9 Å². The maximum absolute atomic E-state index is 12.1. The van der Waals surface area contributed by atoms with Crippen LogP contribution in [0.2, 0.25) is 0 Å². The summed E-state index contributed by atoms with van der Waals surface area (Å²) < 4.78 is 8.15. The summed E-state index contributed by atoms with van der Waals surface area (Å²) in [5.41, 5.74) is 34.0. The van der Waals surface area contributed by atoms with Crippen LogP contribution in [-0.4, -0.2) is 274 Å². The number of primary amides is 5. The quantitative estimate of drug-likeness (QED) is 0.0839. The van der Waals surface area contributed by atoms with Crippen molar-refractivity contribution in [3.8, 4) is 110 Å². The fourth-order valence-electron chi connectivity index (χ4n) is 16.1. The van der Waals surface area contributed by atoms with Crippen LogP contribution in [0.5, 0.6) is 0 Å². The van der Waals surface area contributed by atoms with Crippen LogP contribution in [0.4, 0.5) is 11.6 Å². The normalized spacial score (nSPS) is 19.9. The number of hydrogen-bond acceptors (Lipinski definition) is 25. The van der Waals surface area contributed by atoms with Crippen LogP contribution in [0.1, 0.15) is 131 Å². The third kappa shape index (κ3) is 19.2. The summed E-state index contributed by atoms with van der Waals surface area (Å²) in [6.45, 7) is 4.47. The molecule has 40 nitrogen and oxygen atoms in total. The number of benzene rings is 4. The summed E-state index contributed by atoms with van der Waals surface area (Å²) in [6.07, 6.45) is 10.5. The number of fused-ring (bicyclic) bond motifs is 4. The average molecular weight is 1830 g/mol. The molecule has 10 amide bonds. The zero-order valence-electron chi connectivity index (χ0n) is 74.2. The molecular weight excluding hydrogens is 1740 g/mol. The van der Waals surface area contributed by atoms with Gasteiger partial charge < -0.3 is 98.9 Å². The van der Waals surface area contributed by atoms with Crippen LogP contribution in [0.3, 0.4) is 0 Å². The van der Waals surface area contributed by atoms with E-state index in [4.69, 9.17) is 34.4 Å². The highest BCUT2D eigenvalue weighted by Crippen LogP contribution is 2.35. The van der Waals surface area contributed by atoms with E-state index in [-0.39, 0.29) is 66.4 Å². The van der Waals surface area contributed by atoms with E-state index in [9.17, 15) is 73.5 Å². The van der Waals surface area contributed by atoms with Crippen molar-refractivity contribution in [3.63, 3.8) is 0 Å². The number of likely N-dealkylation sites (tertiary alicyclic amines) is 5. The van der Waals surface area contributed by atoms with Crippen molar-refractivity contribution in [2.24, 2.45) is 28.7 Å². The molecule has 0 spiro atoms. The standard InChI is InChI=1S/C21H22N4O3.2C20H17N5O3.C19H19N5O3.C16H16N6O3/c1-24-12-10-21(28,20(24)27)9-8-14-5-4-6-15(13-14)19-23-17(18(22)26)16-7-2-3-11-25(16)19;1-24-11-8-20(28,19(24)27)7-6-13-4-2-5-14(12-13)15-17-22-9-3-10-25(17)18(23-15)16(21)26;1-24-11-9-20(28,19(24)27)8-7-13-4-2-5-14(12-13)18-23-16(17(21)26)15-6-3-10-22-25(15)18;1-23-9-7-19(27,18(23)26)6-5-12-3-2-4-13(11-12)14-16-21-8-10-24(16)17(22-14)15(20)25;1-21-7-5-16(25,15(21)24)4-2-10-3-6-19-13(8-10)22-12(17)9-11(20-22)14(18)23/h4-6,13,28H,2-3,7,10-12H2,1H3,(H2,22,26);2-5,9-10,12,28H,8,11H2,1H3,(H2,21,26);2-6,10,12,28H,9,11H2,1H3,(H2,21,26);2-4,11,21,27H,7-10H2,1H3,(H2,20,25);3,6,8-9,25H,5,7,17H2,1H3,(H2,18,23)/t21-;2*20-;19-;16-/m00000/s1. The van der Waals surface area contributed by atoms with Gasteiger partial charge in [0.25, 0.3) is 59.1 Å². The molecule has 4 aromatic carbocycles. The maximum Gasteiger partial charge on any atom is 0.285 e. The van der Waals surface area contributed by atoms with Gasteiger partial charge in [0, 0.05) is 201 Å². The molecule has 19 rings (SSSR count). The summed E-state index contributed by atoms with van der Waals surface area (Å²) in [5.74, 6) is 25.4. The Labute approximate surface area is 776 Å². The summed E-state index contributed by atoms with van der Waals surface area (Å²) >= 11 is 0. The highest BCUT2D eigenvalue weighted by atomic mass is 16.3. The Bertz CT molecular complexity index is 7110. The molecule has 690 valence electrons. The van der Waals surface area contributed by atoms with Crippen LogP contribution in [0.25, 0.3) is 62.3 Å². The number of nitrogen functional groups attached to an aromatic ring is 1. The van der Waals surface area contributed by atoms with Gasteiger partial charge in [0.15, 0.2) is 28.7 Å². The molecule has 7 aliphatic heterocycles. The van der Waals surface area contributed by atoms with Gasteiger partial charge in [-0.05, 0) is 98.1 Å². The largest absolute Gasteiger partial charge is 0.384 e. The fourth-order valence-corrected chi connectivity index (χ4v) is 16.1. The van der Waals surface area contributed by atoms with Gasteiger partial charge in [0.05, 0.1) is 11.2 Å². The molecule has 40 heteroatoms. The first-order chi connectivity index (χ1) is 64.8. The van der Waals surface area contributed by atoms with Crippen molar-refractivity contribution in [1.29, 1.82) is 0 Å². The van der Waals surface area contributed by atoms with Gasteiger partial charge in [-0.1, -0.05) is 108 Å². The number of likely N-dealkylation sites (N-methyl/N-ethyl adjacent to an activating group) is 5. The highest BCUT2D eigenvalue weighted by Gasteiger charge is 2.47. The second-order valence-electron chi connectivity index (χ2n) is 33.1. The molecule has 0 aliphatic carbocycles. The molecule has 12 aromatic rings. The summed E-state index contributed by atoms with van der Waals surface area (Å²) in [5, 5.41) is 63.6. The first-order valence-corrected chi connectivity index (χ1v) is 42.7. The van der Waals surface area contributed by atoms with Crippen molar-refractivity contribution in [2.75, 3.05) is 85.6 Å². The Morgan fingerprint density at radius 2 is 0.860 bits per heavy atom. The number of anilines is 2. The molecule has 0 radical (unpaired) electrons. The van der Waals surface area contributed by atoms with Gasteiger partial charge in [0.2, 0.25) is 39.7 Å². The lowest BCUT2D eigenvalue weighted by Gasteiger charge is -2.17. The van der Waals surface area contributed by atoms with Gasteiger partial charge in [-0.3, -0.25) is 52.3 Å². The summed E-state index contributed by atoms with van der Waals surface area (Å²) in [6, 6.07) is 38.6. The highest BCUT2D eigenvalue weighted by molar-refractivity contribution is 6.00. The number of hydrogen-bond donors (Lipinski definition) is 12. The van der Waals surface area contributed by atoms with Crippen molar-refractivity contribution in [1.82, 2.24) is 87.3 Å². The molecule has 5 atom stereocenters. The number of aromatic nitrogens is 13. The Morgan fingerprint density at radius 1 is 0.419 bits per heavy atom. The zero-order valence-corrected chi connectivity index (χ0v) is 74.2. The van der Waals surface area contributed by atoms with Crippen molar-refractivity contribution in [3.05, 3.63) is 220 Å². The fraction of sp³-hybridized carbons (Fsp3) is 0.271. The van der Waals surface area contributed by atoms with Crippen LogP contribution in [0, 0.1) is 59.2 Å². The number of aliphatic hydroxyl groups is 5. The molecule has 136 heavy (non-hydrogen) atoms. The molecule has 5 saturated heterocycles. The van der Waals surface area contributed by atoms with E-state index in [0.717, 1.165) is 48.4 Å². The second-order valence-corrected chi connectivity index (χ2v) is 33.1. The van der Waals surface area contributed by atoms with Gasteiger partial charge in [0.1, 0.15) is 34.5 Å². The van der Waals surface area contributed by atoms with Crippen LogP contribution in [-0.2, 0) is 43.5 Å². The number of pyridine rings is 1. The number of imidazole rings is 4. The van der Waals surface area contributed by atoms with E-state index < -0.39 is 75.3 Å². The number of nitrogens with zero attached hydrogens (tertiary/aromatic N) is 18. The van der Waals surface area contributed by atoms with Crippen molar-refractivity contribution < 1.29 is 73.5 Å². The maximum atomic E-state index is 12.1. The van der Waals surface area contributed by atoms with E-state index in [1.165, 1.54) is 50.4 Å². The smallest absolute Gasteiger partial charge is 0.285 e. The molecule has 18 N–H and O–H groups in total. The lowest BCUT2D eigenvalue weighted by molar-refractivity contribution is -0.138. The topological polar surface area (TPSA) is 583 Å². The van der Waals surface area contributed by atoms with Gasteiger partial charge in [-0.15, -0.1) is 0 Å². The Morgan fingerprint density at radius 3 is 1.31 bits per heavy atom. The minimum atomic E-state index is -1.68. The molecule has 0 unspecified atom stereocenters. The molecule has 8 aromatic heterocycles. The molecular formula is C96H91N25O15. The number of nitrogens with one attached hydrogen (secondary N) is 1. The Kier molecular flexibility index (Phi) is 26.1. The molecule has 0 bridgehead atoms. The van der Waals surface area contributed by atoms with Crippen LogP contribution < -0.4 is 39.7 Å². The molecule has 5 fully saturated rings. The first kappa shape index (κ1) is 93.5. The van der Waals surface area contributed by atoms with E-state index in [1.54, 1.807) is 131 Å². The Balaban J connectivity index is 0.000000129. The van der Waals surface area contributed by atoms with E-state index in [0.29, 0.717) is 137 Å². The molecule has 0 saturated carbocycles. The van der Waals surface area contributed by atoms with E-state index in [2.05, 4.69) is 109 Å². The first-order valence-electron chi connectivity index (χ1n) is 42.7. The third-order valence-corrected chi connectivity index (χ3v) is 23.5. The monoisotopic (exact) mass is 1830 g/mol. The number of amides is 10. The SMILES string of the molecule is CN1CC[C@@](O)(C#Cc2cccc(-c3nc(C(N)=O)c4cccnn34)c2)C1=O.CN1CC[C@@](O)(C#Cc2cccc(-c3nc(C(N)=O)c4n3CCCC4)c2)C1=O.CN1CC[C@@](O)(C#Cc2cccc(-c3nc(C(N)=O)n4c3NCC4)c2)C1=O.CN1CC[C@@](O)(C#Cc2cccc(-c3nc(C(N)=O)n4cccnc34)c2)C1=O.CN1CC[C@@](O)(C#Cc2ccnc(-n3nc(C(N)=O)cc3N)c2)C1=O. The number of rotatable bonds is 10. The summed E-state index contributed by atoms with van der Waals surface area (Å²) in [4.78, 5) is 151. The predicted octanol–water partition coefficient (Wildman–Crippen LogP) is 0.722. The lowest BCUT2D eigenvalue weighted by Crippen LogP contribution is -2.37. The third-order valence-electron chi connectivity index (χ3n) is 23.5. The summed E-state index contributed by atoms with van der Waals surface area (Å²) in [7, 11) is 8.18. The Hall–Kier alpha value is -17.2. The van der Waals surface area contributed by atoms with Crippen molar-refractivity contribution in [2.45, 2.75) is 92.5 Å². The van der Waals surface area contributed by atoms with E-state index in [1.807, 2.05) is 54.6 Å². The predicted molar refractivity (Wildman–Crippen MR) is 492 cm³/mol. The number of nitrogens with two attached hydrogens (primary N) is 6. The van der Waals surface area contributed by atoms with Gasteiger partial charge in [-0.25, -0.2) is 34.4 Å². The van der Waals surface area contributed by atoms with Gasteiger partial charge >= 0.3 is 0 Å². The van der Waals surface area contributed by atoms with Crippen LogP contribution >= 0.6 is 0 Å². The molecule has 7 aliphatic rings. The van der Waals surface area contributed by atoms with Crippen LogP contribution in [0.15, 0.2) is 158 Å². The second kappa shape index (κ2) is 37.9. The molecule has 15 heterocycles. The zero-order chi connectivity index (χ0) is 97.0. The number of carbonyl (C=O) groups excluding carboxylic acids is 10. The van der Waals surface area contributed by atoms with E-state index >= 15 is 0 Å². The van der Waals surface area contributed by atoms with Gasteiger partial charge in [-0.2, -0.15) is 14.9 Å².